The molecule has 5 heteroatoms. The highest BCUT2D eigenvalue weighted by molar-refractivity contribution is 7.12. The van der Waals surface area contributed by atoms with Gasteiger partial charge in [-0.25, -0.2) is 0 Å². The van der Waals surface area contributed by atoms with Gasteiger partial charge in [-0.05, 0) is 11.6 Å². The Balaban J connectivity index is 2.18. The van der Waals surface area contributed by atoms with E-state index in [0.29, 0.717) is 20.7 Å². The summed E-state index contributed by atoms with van der Waals surface area (Å²) in [5.41, 5.74) is 0.738. The van der Waals surface area contributed by atoms with Gasteiger partial charge in [0.15, 0.2) is 5.78 Å². The molecule has 18 heavy (non-hydrogen) atoms. The van der Waals surface area contributed by atoms with Crippen LogP contribution in [0.2, 0.25) is 10.0 Å². The second-order valence-corrected chi connectivity index (χ2v) is 5.36. The maximum absolute atomic E-state index is 12.1. The molecule has 1 aromatic heterocycles. The molecule has 0 aliphatic heterocycles. The van der Waals surface area contributed by atoms with Crippen LogP contribution in [0.1, 0.15) is 15.2 Å². The van der Waals surface area contributed by atoms with Crippen LogP contribution in [0.15, 0.2) is 29.6 Å². The summed E-state index contributed by atoms with van der Waals surface area (Å²) < 4.78 is 5.05. The average molecular weight is 301 g/mol. The van der Waals surface area contributed by atoms with Gasteiger partial charge in [-0.1, -0.05) is 35.3 Å². The van der Waals surface area contributed by atoms with E-state index in [0.717, 1.165) is 5.56 Å². The van der Waals surface area contributed by atoms with E-state index in [1.165, 1.54) is 11.3 Å². The number of benzene rings is 1. The molecule has 0 bridgehead atoms. The first-order chi connectivity index (χ1) is 8.61. The Morgan fingerprint density at radius 2 is 2.17 bits per heavy atom. The Labute approximate surface area is 119 Å². The summed E-state index contributed by atoms with van der Waals surface area (Å²) in [6.07, 6.45) is 0.239. The number of carbonyl (C=O) groups is 1. The maximum atomic E-state index is 12.1. The van der Waals surface area contributed by atoms with Gasteiger partial charge in [-0.3, -0.25) is 4.79 Å². The first-order valence-corrected chi connectivity index (χ1v) is 6.84. The van der Waals surface area contributed by atoms with E-state index in [9.17, 15) is 4.79 Å². The zero-order valence-electron chi connectivity index (χ0n) is 9.57. The lowest BCUT2D eigenvalue weighted by Crippen LogP contribution is -2.01. The third kappa shape index (κ3) is 2.86. The van der Waals surface area contributed by atoms with E-state index < -0.39 is 0 Å². The van der Waals surface area contributed by atoms with Crippen molar-refractivity contribution in [1.29, 1.82) is 0 Å². The highest BCUT2D eigenvalue weighted by atomic mass is 35.5. The molecule has 0 saturated heterocycles. The molecule has 2 aromatic rings. The average Bonchev–Trinajstić information content (AvgIpc) is 2.83. The number of halogens is 2. The molecule has 0 N–H and O–H groups in total. The molecule has 0 atom stereocenters. The molecular formula is C13H10Cl2O2S. The van der Waals surface area contributed by atoms with Crippen LogP contribution in [0, 0.1) is 0 Å². The summed E-state index contributed by atoms with van der Waals surface area (Å²) in [5, 5.41) is 2.70. The minimum absolute atomic E-state index is 0.00691. The molecular weight excluding hydrogens is 291 g/mol. The Kier molecular flexibility index (Phi) is 4.27. The summed E-state index contributed by atoms with van der Waals surface area (Å²) in [6, 6.07) is 7.01. The summed E-state index contributed by atoms with van der Waals surface area (Å²) >= 11 is 13.3. The normalized spacial score (nSPS) is 10.4. The second kappa shape index (κ2) is 5.74. The summed E-state index contributed by atoms with van der Waals surface area (Å²) in [5.74, 6) is 0.702. The van der Waals surface area contributed by atoms with Crippen molar-refractivity contribution in [3.8, 4) is 5.75 Å². The number of carbonyl (C=O) groups excluding carboxylic acids is 1. The summed E-state index contributed by atoms with van der Waals surface area (Å²) in [4.78, 5) is 12.7. The molecule has 0 amide bonds. The topological polar surface area (TPSA) is 26.3 Å². The van der Waals surface area contributed by atoms with Crippen molar-refractivity contribution < 1.29 is 9.53 Å². The molecule has 1 aromatic carbocycles. The minimum atomic E-state index is 0.00691. The van der Waals surface area contributed by atoms with Gasteiger partial charge in [0.1, 0.15) is 5.75 Å². The van der Waals surface area contributed by atoms with Crippen LogP contribution in [0.4, 0.5) is 0 Å². The Morgan fingerprint density at radius 3 is 2.83 bits per heavy atom. The van der Waals surface area contributed by atoms with Crippen molar-refractivity contribution in [3.05, 3.63) is 50.1 Å². The van der Waals surface area contributed by atoms with Gasteiger partial charge >= 0.3 is 0 Å². The molecule has 0 aliphatic carbocycles. The van der Waals surface area contributed by atoms with Crippen LogP contribution >= 0.6 is 34.5 Å². The molecule has 0 radical (unpaired) electrons. The van der Waals surface area contributed by atoms with Gasteiger partial charge in [-0.15, -0.1) is 11.3 Å². The number of thiophene rings is 1. The fraction of sp³-hybridized carbons (Fsp3) is 0.154. The summed E-state index contributed by atoms with van der Waals surface area (Å²) in [7, 11) is 1.57. The van der Waals surface area contributed by atoms with Crippen molar-refractivity contribution in [2.24, 2.45) is 0 Å². The fourth-order valence-corrected chi connectivity index (χ4v) is 2.70. The number of ether oxygens (including phenoxy) is 1. The molecule has 94 valence electrons. The predicted molar refractivity (Wildman–Crippen MR) is 75.4 cm³/mol. The van der Waals surface area contributed by atoms with Crippen LogP contribution in [0.3, 0.4) is 0 Å². The molecule has 0 aliphatic rings. The van der Waals surface area contributed by atoms with E-state index in [2.05, 4.69) is 0 Å². The highest BCUT2D eigenvalue weighted by Crippen LogP contribution is 2.28. The number of hydrogen-bond donors (Lipinski definition) is 0. The first kappa shape index (κ1) is 13.4. The lowest BCUT2D eigenvalue weighted by molar-refractivity contribution is 0.0996. The molecule has 0 unspecified atom stereocenters. The van der Waals surface area contributed by atoms with Gasteiger partial charge in [0, 0.05) is 17.9 Å². The molecule has 0 spiro atoms. The molecule has 2 nitrogen and oxygen atoms in total. The Hall–Kier alpha value is -1.03. The number of ketones is 1. The van der Waals surface area contributed by atoms with E-state index >= 15 is 0 Å². The SMILES string of the molecule is COc1csc(C(=O)Cc2cccc(Cl)c2Cl)c1. The largest absolute Gasteiger partial charge is 0.496 e. The van der Waals surface area contributed by atoms with Crippen LogP contribution in [0.5, 0.6) is 5.75 Å². The van der Waals surface area contributed by atoms with Crippen molar-refractivity contribution in [2.75, 3.05) is 7.11 Å². The minimum Gasteiger partial charge on any atom is -0.496 e. The first-order valence-electron chi connectivity index (χ1n) is 5.20. The molecule has 0 fully saturated rings. The second-order valence-electron chi connectivity index (χ2n) is 3.66. The quantitative estimate of drug-likeness (QED) is 0.778. The molecule has 0 saturated carbocycles. The Morgan fingerprint density at radius 1 is 1.39 bits per heavy atom. The maximum Gasteiger partial charge on any atom is 0.177 e. The van der Waals surface area contributed by atoms with Crippen LogP contribution < -0.4 is 4.74 Å². The van der Waals surface area contributed by atoms with Gasteiger partial charge in [-0.2, -0.15) is 0 Å². The van der Waals surface area contributed by atoms with Gasteiger partial charge in [0.05, 0.1) is 22.0 Å². The highest BCUT2D eigenvalue weighted by Gasteiger charge is 2.13. The van der Waals surface area contributed by atoms with Crippen LogP contribution in [0.25, 0.3) is 0 Å². The predicted octanol–water partition coefficient (Wildman–Crippen LogP) is 4.49. The van der Waals surface area contributed by atoms with E-state index in [1.54, 1.807) is 36.8 Å². The number of Topliss-reactive ketones (excluding diaryl/α,β-unsaturated/α-hetero) is 1. The lowest BCUT2D eigenvalue weighted by Gasteiger charge is -2.03. The third-order valence-electron chi connectivity index (χ3n) is 2.47. The van der Waals surface area contributed by atoms with Gasteiger partial charge < -0.3 is 4.74 Å². The number of hydrogen-bond acceptors (Lipinski definition) is 3. The number of methoxy groups -OCH3 is 1. The van der Waals surface area contributed by atoms with Gasteiger partial charge in [0.25, 0.3) is 0 Å². The van der Waals surface area contributed by atoms with E-state index in [1.807, 2.05) is 0 Å². The zero-order chi connectivity index (χ0) is 13.1. The smallest absolute Gasteiger partial charge is 0.177 e. The van der Waals surface area contributed by atoms with E-state index in [4.69, 9.17) is 27.9 Å². The van der Waals surface area contributed by atoms with E-state index in [-0.39, 0.29) is 12.2 Å². The summed E-state index contributed by atoms with van der Waals surface area (Å²) in [6.45, 7) is 0. The van der Waals surface area contributed by atoms with Gasteiger partial charge in [0.2, 0.25) is 0 Å². The van der Waals surface area contributed by atoms with Crippen molar-refractivity contribution in [3.63, 3.8) is 0 Å². The van der Waals surface area contributed by atoms with Crippen LogP contribution in [-0.4, -0.2) is 12.9 Å². The fourth-order valence-electron chi connectivity index (χ4n) is 1.52. The van der Waals surface area contributed by atoms with Crippen molar-refractivity contribution in [1.82, 2.24) is 0 Å². The lowest BCUT2D eigenvalue weighted by atomic mass is 10.1. The van der Waals surface area contributed by atoms with Crippen LogP contribution in [-0.2, 0) is 6.42 Å². The molecule has 2 rings (SSSR count). The third-order valence-corrected chi connectivity index (χ3v) is 4.28. The van der Waals surface area contributed by atoms with Crippen molar-refractivity contribution >= 4 is 40.3 Å². The Bertz CT molecular complexity index is 578. The standard InChI is InChI=1S/C13H10Cl2O2S/c1-17-9-6-12(18-7-9)11(16)5-8-3-2-4-10(14)13(8)15/h2-4,6-7H,5H2,1H3. The number of rotatable bonds is 4. The molecule has 1 heterocycles. The van der Waals surface area contributed by atoms with Crippen molar-refractivity contribution in [2.45, 2.75) is 6.42 Å². The zero-order valence-corrected chi connectivity index (χ0v) is 11.9. The monoisotopic (exact) mass is 300 g/mol.